The van der Waals surface area contributed by atoms with Gasteiger partial charge in [0.1, 0.15) is 12.4 Å². The van der Waals surface area contributed by atoms with Crippen LogP contribution in [0.5, 0.6) is 5.75 Å². The molecule has 1 N–H and O–H groups in total. The highest BCUT2D eigenvalue weighted by atomic mass is 16.5. The summed E-state index contributed by atoms with van der Waals surface area (Å²) in [7, 11) is 0. The Morgan fingerprint density at radius 3 is 2.40 bits per heavy atom. The summed E-state index contributed by atoms with van der Waals surface area (Å²) in [6.45, 7) is 7.37. The Kier molecular flexibility index (Phi) is 6.89. The van der Waals surface area contributed by atoms with E-state index in [1.807, 2.05) is 18.2 Å². The van der Waals surface area contributed by atoms with Crippen LogP contribution < -0.4 is 10.1 Å². The van der Waals surface area contributed by atoms with Crippen molar-refractivity contribution in [2.45, 2.75) is 38.8 Å². The van der Waals surface area contributed by atoms with Gasteiger partial charge in [-0.2, -0.15) is 0 Å². The number of ether oxygens (including phenoxy) is 1. The van der Waals surface area contributed by atoms with E-state index < -0.39 is 0 Å². The van der Waals surface area contributed by atoms with E-state index in [0.29, 0.717) is 12.6 Å². The van der Waals surface area contributed by atoms with Crippen molar-refractivity contribution in [1.29, 1.82) is 0 Å². The van der Waals surface area contributed by atoms with Crippen LogP contribution in [0.2, 0.25) is 0 Å². The largest absolute Gasteiger partial charge is 0.489 e. The average molecular weight is 338 g/mol. The maximum atomic E-state index is 5.93. The van der Waals surface area contributed by atoms with Gasteiger partial charge in [0.2, 0.25) is 0 Å². The van der Waals surface area contributed by atoms with Crippen molar-refractivity contribution < 1.29 is 4.74 Å². The van der Waals surface area contributed by atoms with Gasteiger partial charge in [0.25, 0.3) is 0 Å². The van der Waals surface area contributed by atoms with Crippen LogP contribution in [0.1, 0.15) is 43.4 Å². The molecule has 0 amide bonds. The Morgan fingerprint density at radius 2 is 1.72 bits per heavy atom. The summed E-state index contributed by atoms with van der Waals surface area (Å²) in [5, 5.41) is 3.46. The molecule has 1 saturated heterocycles. The van der Waals surface area contributed by atoms with Gasteiger partial charge in [0.15, 0.2) is 0 Å². The van der Waals surface area contributed by atoms with Crippen LogP contribution in [0, 0.1) is 0 Å². The topological polar surface area (TPSA) is 24.5 Å². The quantitative estimate of drug-likeness (QED) is 0.772. The Hall–Kier alpha value is -1.84. The highest BCUT2D eigenvalue weighted by Gasteiger charge is 2.21. The zero-order valence-corrected chi connectivity index (χ0v) is 15.3. The van der Waals surface area contributed by atoms with E-state index in [2.05, 4.69) is 53.5 Å². The molecule has 0 bridgehead atoms. The van der Waals surface area contributed by atoms with Gasteiger partial charge in [-0.15, -0.1) is 0 Å². The summed E-state index contributed by atoms with van der Waals surface area (Å²) in [5.74, 6) is 0.946. The highest BCUT2D eigenvalue weighted by molar-refractivity contribution is 5.30. The number of benzene rings is 2. The van der Waals surface area contributed by atoms with Gasteiger partial charge in [-0.25, -0.2) is 0 Å². The zero-order chi connectivity index (χ0) is 17.3. The minimum absolute atomic E-state index is 0.533. The van der Waals surface area contributed by atoms with Gasteiger partial charge in [-0.1, -0.05) is 62.2 Å². The lowest BCUT2D eigenvalue weighted by Crippen LogP contribution is -2.45. The van der Waals surface area contributed by atoms with Gasteiger partial charge in [0.05, 0.1) is 0 Å². The van der Waals surface area contributed by atoms with Gasteiger partial charge in [-0.05, 0) is 29.7 Å². The molecule has 134 valence electrons. The fourth-order valence-electron chi connectivity index (χ4n) is 3.48. The summed E-state index contributed by atoms with van der Waals surface area (Å²) < 4.78 is 5.93. The molecule has 1 aliphatic rings. The third-order valence-electron chi connectivity index (χ3n) is 4.94. The van der Waals surface area contributed by atoms with Gasteiger partial charge < -0.3 is 10.1 Å². The van der Waals surface area contributed by atoms with E-state index >= 15 is 0 Å². The minimum atomic E-state index is 0.533. The fraction of sp³-hybridized carbons (Fsp3) is 0.455. The number of hydrogen-bond acceptors (Lipinski definition) is 3. The van der Waals surface area contributed by atoms with Gasteiger partial charge in [0, 0.05) is 32.2 Å². The Bertz CT molecular complexity index is 606. The van der Waals surface area contributed by atoms with E-state index in [9.17, 15) is 0 Å². The third kappa shape index (κ3) is 5.32. The summed E-state index contributed by atoms with van der Waals surface area (Å²) in [5.41, 5.74) is 2.62. The molecule has 0 aromatic heterocycles. The lowest BCUT2D eigenvalue weighted by atomic mass is 9.98. The molecule has 1 aliphatic heterocycles. The van der Waals surface area contributed by atoms with Crippen molar-refractivity contribution in [3.05, 3.63) is 65.7 Å². The summed E-state index contributed by atoms with van der Waals surface area (Å²) in [6.07, 6.45) is 3.77. The molecule has 1 fully saturated rings. The summed E-state index contributed by atoms with van der Waals surface area (Å²) in [6, 6.07) is 19.6. The first-order valence-corrected chi connectivity index (χ1v) is 9.58. The van der Waals surface area contributed by atoms with Crippen molar-refractivity contribution in [1.82, 2.24) is 10.2 Å². The van der Waals surface area contributed by atoms with Crippen molar-refractivity contribution in [3.63, 3.8) is 0 Å². The maximum Gasteiger partial charge on any atom is 0.119 e. The van der Waals surface area contributed by atoms with Crippen LogP contribution in [0.15, 0.2) is 54.6 Å². The number of unbranched alkanes of at least 4 members (excludes halogenated alkanes) is 1. The Labute approximate surface area is 152 Å². The van der Waals surface area contributed by atoms with Crippen LogP contribution in [0.3, 0.4) is 0 Å². The number of rotatable bonds is 8. The second-order valence-electron chi connectivity index (χ2n) is 6.79. The predicted molar refractivity (Wildman–Crippen MR) is 104 cm³/mol. The monoisotopic (exact) mass is 338 g/mol. The number of nitrogens with one attached hydrogen (secondary N) is 1. The summed E-state index contributed by atoms with van der Waals surface area (Å²) >= 11 is 0. The third-order valence-corrected chi connectivity index (χ3v) is 4.94. The molecule has 2 aromatic rings. The molecule has 3 rings (SSSR count). The molecule has 2 aromatic carbocycles. The number of piperazine rings is 1. The van der Waals surface area contributed by atoms with E-state index in [1.54, 1.807) is 0 Å². The molecule has 1 atom stereocenters. The molecule has 1 heterocycles. The normalized spacial score (nSPS) is 16.5. The lowest BCUT2D eigenvalue weighted by molar-refractivity contribution is 0.163. The highest BCUT2D eigenvalue weighted by Crippen LogP contribution is 2.28. The maximum absolute atomic E-state index is 5.93. The standard InChI is InChI=1S/C22H30N2O/c1-2-3-9-22(24-16-14-23-15-17-24)20-10-12-21(13-11-20)25-18-19-7-5-4-6-8-19/h4-8,10-13,22-23H,2-3,9,14-18H2,1H3/t22-/m0/s1. The first-order valence-electron chi connectivity index (χ1n) is 9.58. The molecule has 3 heteroatoms. The van der Waals surface area contributed by atoms with Crippen molar-refractivity contribution >= 4 is 0 Å². The molecule has 0 saturated carbocycles. The fourth-order valence-corrected chi connectivity index (χ4v) is 3.48. The smallest absolute Gasteiger partial charge is 0.119 e. The van der Waals surface area contributed by atoms with Crippen LogP contribution >= 0.6 is 0 Å². The van der Waals surface area contributed by atoms with Gasteiger partial charge >= 0.3 is 0 Å². The van der Waals surface area contributed by atoms with E-state index in [-0.39, 0.29) is 0 Å². The molecule has 0 radical (unpaired) electrons. The lowest BCUT2D eigenvalue weighted by Gasteiger charge is -2.35. The molecule has 3 nitrogen and oxygen atoms in total. The van der Waals surface area contributed by atoms with Gasteiger partial charge in [-0.3, -0.25) is 4.90 Å². The molecule has 0 spiro atoms. The SMILES string of the molecule is CCCC[C@@H](c1ccc(OCc2ccccc2)cc1)N1CCNCC1. The van der Waals surface area contributed by atoms with Crippen LogP contribution in [0.4, 0.5) is 0 Å². The van der Waals surface area contributed by atoms with Crippen molar-refractivity contribution in [2.75, 3.05) is 26.2 Å². The Balaban J connectivity index is 1.63. The molecule has 0 aliphatic carbocycles. The minimum Gasteiger partial charge on any atom is -0.489 e. The second-order valence-corrected chi connectivity index (χ2v) is 6.79. The van der Waals surface area contributed by atoms with E-state index in [1.165, 1.54) is 30.4 Å². The zero-order valence-electron chi connectivity index (χ0n) is 15.3. The first kappa shape index (κ1) is 18.0. The molecule has 0 unspecified atom stereocenters. The van der Waals surface area contributed by atoms with Crippen LogP contribution in [0.25, 0.3) is 0 Å². The van der Waals surface area contributed by atoms with Crippen LogP contribution in [-0.4, -0.2) is 31.1 Å². The average Bonchev–Trinajstić information content (AvgIpc) is 2.69. The molecular weight excluding hydrogens is 308 g/mol. The van der Waals surface area contributed by atoms with E-state index in [4.69, 9.17) is 4.74 Å². The predicted octanol–water partition coefficient (Wildman–Crippen LogP) is 4.40. The number of nitrogens with zero attached hydrogens (tertiary/aromatic N) is 1. The number of hydrogen-bond donors (Lipinski definition) is 1. The summed E-state index contributed by atoms with van der Waals surface area (Å²) in [4.78, 5) is 2.63. The van der Waals surface area contributed by atoms with Crippen LogP contribution in [-0.2, 0) is 6.61 Å². The van der Waals surface area contributed by atoms with Crippen molar-refractivity contribution in [2.24, 2.45) is 0 Å². The second kappa shape index (κ2) is 9.59. The molecule has 25 heavy (non-hydrogen) atoms. The van der Waals surface area contributed by atoms with E-state index in [0.717, 1.165) is 31.9 Å². The van der Waals surface area contributed by atoms with Crippen molar-refractivity contribution in [3.8, 4) is 5.75 Å². The Morgan fingerprint density at radius 1 is 1.00 bits per heavy atom. The first-order chi connectivity index (χ1) is 12.4. The molecular formula is C22H30N2O.